The number of methoxy groups -OCH3 is 1. The first-order chi connectivity index (χ1) is 13.2. The van der Waals surface area contributed by atoms with Gasteiger partial charge < -0.3 is 4.74 Å². The minimum absolute atomic E-state index is 0.0246. The lowest BCUT2D eigenvalue weighted by molar-refractivity contribution is 0.0600. The molecular weight excluding hydrogens is 348 g/mol. The first-order valence-corrected chi connectivity index (χ1v) is 10.0. The van der Waals surface area contributed by atoms with E-state index in [9.17, 15) is 9.59 Å². The number of fused-ring (bicyclic) bond motifs is 1. The Morgan fingerprint density at radius 2 is 1.21 bits per heavy atom. The van der Waals surface area contributed by atoms with Crippen LogP contribution < -0.4 is 0 Å². The molecule has 0 unspecified atom stereocenters. The molecule has 0 heterocycles. The van der Waals surface area contributed by atoms with Gasteiger partial charge in [0.25, 0.3) is 0 Å². The summed E-state index contributed by atoms with van der Waals surface area (Å²) in [6.45, 7) is 13.0. The van der Waals surface area contributed by atoms with Crippen molar-refractivity contribution in [2.75, 3.05) is 7.11 Å². The van der Waals surface area contributed by atoms with Gasteiger partial charge in [-0.15, -0.1) is 0 Å². The minimum Gasteiger partial charge on any atom is -0.465 e. The third-order valence-electron chi connectivity index (χ3n) is 5.68. The van der Waals surface area contributed by atoms with E-state index in [-0.39, 0.29) is 16.6 Å². The molecule has 3 rings (SSSR count). The monoisotopic (exact) mass is 380 g/mol. The zero-order valence-electron chi connectivity index (χ0n) is 18.2. The molecule has 0 N–H and O–H groups in total. The van der Waals surface area contributed by atoms with Crippen LogP contribution in [0, 0.1) is 0 Å². The largest absolute Gasteiger partial charge is 0.465 e. The van der Waals surface area contributed by atoms with Gasteiger partial charge in [-0.1, -0.05) is 65.8 Å². The van der Waals surface area contributed by atoms with Gasteiger partial charge in [0.1, 0.15) is 0 Å². The van der Waals surface area contributed by atoms with Gasteiger partial charge in [-0.05, 0) is 53.0 Å². The molecule has 0 radical (unpaired) electrons. The molecular formula is C25H32O3. The van der Waals surface area contributed by atoms with Crippen molar-refractivity contribution in [2.24, 2.45) is 0 Å². The molecule has 0 spiro atoms. The number of carbonyl (C=O) groups is 2. The predicted octanol–water partition coefficient (Wildman–Crippen LogP) is 6.08. The number of hydrogen-bond acceptors (Lipinski definition) is 3. The van der Waals surface area contributed by atoms with Gasteiger partial charge in [0.2, 0.25) is 0 Å². The highest BCUT2D eigenvalue weighted by Crippen LogP contribution is 2.46. The van der Waals surface area contributed by atoms with Crippen molar-refractivity contribution in [3.05, 3.63) is 70.3 Å². The van der Waals surface area contributed by atoms with Crippen LogP contribution in [-0.2, 0) is 15.6 Å². The maximum absolute atomic E-state index is 12.9. The molecule has 0 aliphatic heterocycles. The molecule has 0 saturated heterocycles. The Balaban J connectivity index is 0.00000136. The van der Waals surface area contributed by atoms with Crippen LogP contribution in [0.1, 0.15) is 91.8 Å². The van der Waals surface area contributed by atoms with Crippen LogP contribution in [0.3, 0.4) is 0 Å². The Labute approximate surface area is 169 Å². The average molecular weight is 381 g/mol. The molecule has 0 atom stereocenters. The van der Waals surface area contributed by atoms with Gasteiger partial charge >= 0.3 is 5.97 Å². The number of ether oxygens (including phenoxy) is 1. The van der Waals surface area contributed by atoms with Gasteiger partial charge in [0, 0.05) is 11.1 Å². The van der Waals surface area contributed by atoms with Gasteiger partial charge in [-0.2, -0.15) is 0 Å². The van der Waals surface area contributed by atoms with Crippen LogP contribution in [-0.4, -0.2) is 18.9 Å². The van der Waals surface area contributed by atoms with E-state index < -0.39 is 5.97 Å². The second-order valence-corrected chi connectivity index (χ2v) is 8.43. The number of hydrogen-bond donors (Lipinski definition) is 0. The Kier molecular flexibility index (Phi) is 6.48. The van der Waals surface area contributed by atoms with E-state index in [0.29, 0.717) is 16.7 Å². The van der Waals surface area contributed by atoms with Crippen molar-refractivity contribution in [3.8, 4) is 0 Å². The summed E-state index contributed by atoms with van der Waals surface area (Å²) in [7, 11) is 1.34. The van der Waals surface area contributed by atoms with Crippen molar-refractivity contribution in [2.45, 2.75) is 65.2 Å². The number of ketones is 1. The fourth-order valence-electron chi connectivity index (χ4n) is 3.77. The van der Waals surface area contributed by atoms with Crippen LogP contribution in [0.5, 0.6) is 0 Å². The van der Waals surface area contributed by atoms with Gasteiger partial charge in [-0.3, -0.25) is 4.79 Å². The van der Waals surface area contributed by atoms with Gasteiger partial charge in [0.15, 0.2) is 5.78 Å². The van der Waals surface area contributed by atoms with Crippen molar-refractivity contribution in [3.63, 3.8) is 0 Å². The topological polar surface area (TPSA) is 43.4 Å². The lowest BCUT2D eigenvalue weighted by atomic mass is 9.63. The van der Waals surface area contributed by atoms with Gasteiger partial charge in [-0.25, -0.2) is 4.79 Å². The molecule has 1 aliphatic rings. The van der Waals surface area contributed by atoms with Crippen molar-refractivity contribution >= 4 is 11.8 Å². The van der Waals surface area contributed by atoms with Crippen LogP contribution in [0.4, 0.5) is 0 Å². The van der Waals surface area contributed by atoms with E-state index in [0.717, 1.165) is 12.8 Å². The maximum Gasteiger partial charge on any atom is 0.337 e. The first kappa shape index (κ1) is 21.9. The molecule has 0 saturated carbocycles. The average Bonchev–Trinajstić information content (AvgIpc) is 2.71. The van der Waals surface area contributed by atoms with Crippen LogP contribution in [0.15, 0.2) is 42.5 Å². The highest BCUT2D eigenvalue weighted by molar-refractivity contribution is 6.09. The van der Waals surface area contributed by atoms with E-state index >= 15 is 0 Å². The first-order valence-electron chi connectivity index (χ1n) is 10.0. The number of rotatable bonds is 3. The van der Waals surface area contributed by atoms with E-state index in [4.69, 9.17) is 4.74 Å². The highest BCUT2D eigenvalue weighted by atomic mass is 16.5. The molecule has 2 aromatic rings. The summed E-state index contributed by atoms with van der Waals surface area (Å²) in [5.74, 6) is -0.426. The zero-order valence-corrected chi connectivity index (χ0v) is 18.2. The van der Waals surface area contributed by atoms with Crippen LogP contribution >= 0.6 is 0 Å². The molecule has 1 aliphatic carbocycles. The molecule has 2 aromatic carbocycles. The quantitative estimate of drug-likeness (QED) is 0.479. The van der Waals surface area contributed by atoms with Crippen LogP contribution in [0.2, 0.25) is 0 Å². The number of esters is 1. The summed E-state index contributed by atoms with van der Waals surface area (Å²) >= 11 is 0. The Hall–Kier alpha value is -2.42. The maximum atomic E-state index is 12.9. The summed E-state index contributed by atoms with van der Waals surface area (Å²) in [4.78, 5) is 24.5. The minimum atomic E-state index is -0.401. The molecule has 0 amide bonds. The standard InChI is InChI=1S/C23H26O3.C2H6/c1-22(2)12-13-23(3,4)19-14-17(10-11-18(19)22)20(24)15-6-8-16(9-7-15)21(25)26-5;1-2/h6-11,14H,12-13H2,1-5H3;1-2H3. The molecule has 0 aromatic heterocycles. The smallest absolute Gasteiger partial charge is 0.337 e. The number of benzene rings is 2. The second-order valence-electron chi connectivity index (χ2n) is 8.43. The van der Waals surface area contributed by atoms with E-state index in [2.05, 4.69) is 39.8 Å². The SMILES string of the molecule is CC.COC(=O)c1ccc(C(=O)c2ccc3c(c2)C(C)(C)CCC3(C)C)cc1. The third kappa shape index (κ3) is 4.19. The summed E-state index contributed by atoms with van der Waals surface area (Å²) in [5, 5.41) is 0. The van der Waals surface area contributed by atoms with Crippen molar-refractivity contribution in [1.29, 1.82) is 0 Å². The second kappa shape index (κ2) is 8.30. The summed E-state index contributed by atoms with van der Waals surface area (Å²) < 4.78 is 4.70. The Bertz CT molecular complexity index is 858. The summed E-state index contributed by atoms with van der Waals surface area (Å²) in [5.41, 5.74) is 4.52. The fourth-order valence-corrected chi connectivity index (χ4v) is 3.77. The fraction of sp³-hybridized carbons (Fsp3) is 0.440. The molecule has 3 nitrogen and oxygen atoms in total. The van der Waals surface area contributed by atoms with E-state index in [1.807, 2.05) is 19.9 Å². The normalized spacial score (nSPS) is 16.2. The number of carbonyl (C=O) groups excluding carboxylic acids is 2. The molecule has 3 heteroatoms. The lowest BCUT2D eigenvalue weighted by Gasteiger charge is -2.42. The summed E-state index contributed by atoms with van der Waals surface area (Å²) in [6.07, 6.45) is 2.26. The van der Waals surface area contributed by atoms with Crippen molar-refractivity contribution in [1.82, 2.24) is 0 Å². The summed E-state index contributed by atoms with van der Waals surface area (Å²) in [6, 6.07) is 12.7. The molecule has 28 heavy (non-hydrogen) atoms. The molecule has 0 fully saturated rings. The van der Waals surface area contributed by atoms with Gasteiger partial charge in [0.05, 0.1) is 12.7 Å². The Morgan fingerprint density at radius 1 is 0.750 bits per heavy atom. The molecule has 150 valence electrons. The third-order valence-corrected chi connectivity index (χ3v) is 5.68. The molecule has 0 bridgehead atoms. The van der Waals surface area contributed by atoms with E-state index in [1.54, 1.807) is 24.3 Å². The van der Waals surface area contributed by atoms with E-state index in [1.165, 1.54) is 18.2 Å². The van der Waals surface area contributed by atoms with Crippen molar-refractivity contribution < 1.29 is 14.3 Å². The zero-order chi connectivity index (χ0) is 21.1. The Morgan fingerprint density at radius 3 is 1.75 bits per heavy atom. The highest BCUT2D eigenvalue weighted by Gasteiger charge is 2.37. The predicted molar refractivity (Wildman–Crippen MR) is 114 cm³/mol. The lowest BCUT2D eigenvalue weighted by Crippen LogP contribution is -2.34. The van der Waals surface area contributed by atoms with Crippen LogP contribution in [0.25, 0.3) is 0 Å².